The second-order valence-electron chi connectivity index (χ2n) is 7.53. The average Bonchev–Trinajstić information content (AvgIpc) is 3.27. The summed E-state index contributed by atoms with van der Waals surface area (Å²) in [6.07, 6.45) is 4.93. The highest BCUT2D eigenvalue weighted by Crippen LogP contribution is 2.44. The highest BCUT2D eigenvalue weighted by atomic mass is 16.6. The quantitative estimate of drug-likeness (QED) is 0.666. The number of ether oxygens (including phenoxy) is 4. The van der Waals surface area contributed by atoms with Crippen LogP contribution in [0.2, 0.25) is 0 Å². The molecule has 1 heterocycles. The third-order valence-electron chi connectivity index (χ3n) is 5.65. The minimum Gasteiger partial charge on any atom is -0.494 e. The molecule has 0 aliphatic heterocycles. The molecule has 0 spiro atoms. The lowest BCUT2D eigenvalue weighted by Gasteiger charge is -2.38. The maximum Gasteiger partial charge on any atom is 0.201 e. The van der Waals surface area contributed by atoms with Gasteiger partial charge in [0.05, 0.1) is 26.7 Å². The number of unbranched alkanes of at least 4 members (excludes halogenated alkanes) is 1. The molecule has 2 atom stereocenters. The van der Waals surface area contributed by atoms with Crippen LogP contribution in [0.25, 0.3) is 11.3 Å². The van der Waals surface area contributed by atoms with Gasteiger partial charge in [0.1, 0.15) is 17.5 Å². The number of rotatable bonds is 9. The molecule has 0 saturated heterocycles. The van der Waals surface area contributed by atoms with E-state index >= 15 is 0 Å². The second kappa shape index (κ2) is 9.34. The van der Waals surface area contributed by atoms with Gasteiger partial charge in [0.2, 0.25) is 5.76 Å². The molecule has 0 amide bonds. The number of methoxy groups -OCH3 is 4. The second-order valence-corrected chi connectivity index (χ2v) is 7.53. The molecule has 0 bridgehead atoms. The molecule has 1 aromatic carbocycles. The maximum atomic E-state index is 5.87. The fraction of sp³-hybridized carbons (Fsp3) is 0.478. The minimum atomic E-state index is -0.698. The van der Waals surface area contributed by atoms with E-state index in [0.717, 1.165) is 23.4 Å². The van der Waals surface area contributed by atoms with Crippen molar-refractivity contribution in [2.24, 2.45) is 0 Å². The predicted molar refractivity (Wildman–Crippen MR) is 115 cm³/mol. The van der Waals surface area contributed by atoms with E-state index in [1.165, 1.54) is 18.4 Å². The molecule has 3 rings (SSSR count). The van der Waals surface area contributed by atoms with Gasteiger partial charge < -0.3 is 18.9 Å². The lowest BCUT2D eigenvalue weighted by atomic mass is 9.74. The Morgan fingerprint density at radius 1 is 1.00 bits per heavy atom. The van der Waals surface area contributed by atoms with Crippen molar-refractivity contribution >= 4 is 0 Å². The smallest absolute Gasteiger partial charge is 0.201 e. The molecule has 2 aromatic rings. The summed E-state index contributed by atoms with van der Waals surface area (Å²) >= 11 is 0. The lowest BCUT2D eigenvalue weighted by Crippen LogP contribution is -2.43. The van der Waals surface area contributed by atoms with Crippen LogP contribution < -0.4 is 0 Å². The molecule has 30 heavy (non-hydrogen) atoms. The van der Waals surface area contributed by atoms with E-state index in [1.54, 1.807) is 28.4 Å². The van der Waals surface area contributed by atoms with Crippen LogP contribution in [0.1, 0.15) is 37.9 Å². The monoisotopic (exact) mass is 413 g/mol. The van der Waals surface area contributed by atoms with Crippen molar-refractivity contribution in [2.75, 3.05) is 28.4 Å². The summed E-state index contributed by atoms with van der Waals surface area (Å²) in [6, 6.07) is 8.49. The van der Waals surface area contributed by atoms with Gasteiger partial charge in [-0.05, 0) is 31.4 Å². The van der Waals surface area contributed by atoms with Crippen molar-refractivity contribution in [2.45, 2.75) is 44.6 Å². The normalized spacial score (nSPS) is 21.4. The third-order valence-corrected chi connectivity index (χ3v) is 5.65. The number of hydrogen-bond acceptors (Lipinski definition) is 6. The predicted octanol–water partition coefficient (Wildman–Crippen LogP) is 4.14. The number of aryl methyl sites for hydroxylation is 1. The Morgan fingerprint density at radius 2 is 1.73 bits per heavy atom. The van der Waals surface area contributed by atoms with Crippen LogP contribution in [-0.4, -0.2) is 50.0 Å². The SMILES string of the molecule is CCCCc1ccc(-c2n[nH]nc2C2(C)C=C(OC)C(OC)=C(OC)C2OC)cc1. The van der Waals surface area contributed by atoms with Crippen molar-refractivity contribution in [3.8, 4) is 11.3 Å². The van der Waals surface area contributed by atoms with Crippen molar-refractivity contribution in [1.82, 2.24) is 15.4 Å². The first kappa shape index (κ1) is 21.9. The molecule has 1 N–H and O–H groups in total. The van der Waals surface area contributed by atoms with Gasteiger partial charge >= 0.3 is 0 Å². The summed E-state index contributed by atoms with van der Waals surface area (Å²) in [7, 11) is 6.42. The van der Waals surface area contributed by atoms with Crippen LogP contribution >= 0.6 is 0 Å². The zero-order chi connectivity index (χ0) is 21.7. The largest absolute Gasteiger partial charge is 0.494 e. The topological polar surface area (TPSA) is 78.5 Å². The molecule has 0 saturated carbocycles. The lowest BCUT2D eigenvalue weighted by molar-refractivity contribution is 0.0209. The Labute approximate surface area is 178 Å². The first-order valence-electron chi connectivity index (χ1n) is 10.2. The van der Waals surface area contributed by atoms with Crippen molar-refractivity contribution in [3.63, 3.8) is 0 Å². The molecule has 7 heteroatoms. The van der Waals surface area contributed by atoms with E-state index in [4.69, 9.17) is 18.9 Å². The van der Waals surface area contributed by atoms with E-state index in [-0.39, 0.29) is 0 Å². The van der Waals surface area contributed by atoms with Crippen LogP contribution in [0.3, 0.4) is 0 Å². The van der Waals surface area contributed by atoms with Gasteiger partial charge in [-0.3, -0.25) is 0 Å². The fourth-order valence-electron chi connectivity index (χ4n) is 4.04. The number of aromatic amines is 1. The van der Waals surface area contributed by atoms with Gasteiger partial charge in [-0.25, -0.2) is 0 Å². The number of benzene rings is 1. The Kier molecular flexibility index (Phi) is 6.82. The van der Waals surface area contributed by atoms with Gasteiger partial charge in [0.25, 0.3) is 0 Å². The summed E-state index contributed by atoms with van der Waals surface area (Å²) in [5.74, 6) is 1.62. The number of H-pyrrole nitrogens is 1. The summed E-state index contributed by atoms with van der Waals surface area (Å²) in [5, 5.41) is 11.8. The Bertz CT molecular complexity index is 917. The number of nitrogens with one attached hydrogen (secondary N) is 1. The Morgan fingerprint density at radius 3 is 2.30 bits per heavy atom. The van der Waals surface area contributed by atoms with Gasteiger partial charge in [-0.2, -0.15) is 15.4 Å². The molecule has 1 aliphatic carbocycles. The van der Waals surface area contributed by atoms with E-state index in [9.17, 15) is 0 Å². The molecule has 7 nitrogen and oxygen atoms in total. The summed E-state index contributed by atoms with van der Waals surface area (Å²) < 4.78 is 22.7. The van der Waals surface area contributed by atoms with Crippen LogP contribution in [0, 0.1) is 0 Å². The zero-order valence-electron chi connectivity index (χ0n) is 18.6. The molecular weight excluding hydrogens is 382 g/mol. The van der Waals surface area contributed by atoms with E-state index in [0.29, 0.717) is 17.3 Å². The minimum absolute atomic E-state index is 0.468. The first-order chi connectivity index (χ1) is 14.5. The third kappa shape index (κ3) is 3.81. The molecule has 162 valence electrons. The van der Waals surface area contributed by atoms with Crippen molar-refractivity contribution in [3.05, 3.63) is 58.9 Å². The summed E-state index contributed by atoms with van der Waals surface area (Å²) in [6.45, 7) is 4.23. The summed E-state index contributed by atoms with van der Waals surface area (Å²) in [4.78, 5) is 0. The van der Waals surface area contributed by atoms with E-state index < -0.39 is 11.5 Å². The molecule has 0 fully saturated rings. The first-order valence-corrected chi connectivity index (χ1v) is 10.2. The molecule has 1 aliphatic rings. The van der Waals surface area contributed by atoms with Gasteiger partial charge in [0.15, 0.2) is 11.5 Å². The highest BCUT2D eigenvalue weighted by molar-refractivity contribution is 5.64. The van der Waals surface area contributed by atoms with Crippen LogP contribution in [-0.2, 0) is 30.8 Å². The van der Waals surface area contributed by atoms with Gasteiger partial charge in [-0.15, -0.1) is 0 Å². The highest BCUT2D eigenvalue weighted by Gasteiger charge is 2.48. The van der Waals surface area contributed by atoms with Crippen LogP contribution in [0.4, 0.5) is 0 Å². The molecular formula is C23H31N3O4. The van der Waals surface area contributed by atoms with E-state index in [1.807, 2.05) is 13.0 Å². The Hall–Kier alpha value is -2.80. The van der Waals surface area contributed by atoms with Crippen LogP contribution in [0.5, 0.6) is 0 Å². The molecule has 0 radical (unpaired) electrons. The zero-order valence-corrected chi connectivity index (χ0v) is 18.6. The number of aromatic nitrogens is 3. The summed E-state index contributed by atoms with van der Waals surface area (Å²) in [5.41, 5.74) is 3.12. The molecule has 2 unspecified atom stereocenters. The average molecular weight is 414 g/mol. The fourth-order valence-corrected chi connectivity index (χ4v) is 4.04. The van der Waals surface area contributed by atoms with Gasteiger partial charge in [0, 0.05) is 12.7 Å². The van der Waals surface area contributed by atoms with Crippen molar-refractivity contribution < 1.29 is 18.9 Å². The van der Waals surface area contributed by atoms with Crippen molar-refractivity contribution in [1.29, 1.82) is 0 Å². The molecule has 1 aromatic heterocycles. The maximum absolute atomic E-state index is 5.87. The number of hydrogen-bond donors (Lipinski definition) is 1. The van der Waals surface area contributed by atoms with Gasteiger partial charge in [-0.1, -0.05) is 37.6 Å². The van der Waals surface area contributed by atoms with E-state index in [2.05, 4.69) is 46.6 Å². The van der Waals surface area contributed by atoms with Crippen LogP contribution in [0.15, 0.2) is 47.6 Å². The Balaban J connectivity index is 2.07. The standard InChI is InChI=1S/C23H31N3O4/c1-7-8-9-15-10-12-16(13-11-15)18-21(25-26-24-18)23(2)14-17(27-3)19(28-4)20(29-5)22(23)30-6/h10-14,22H,7-9H2,1-6H3,(H,24,25,26). The number of nitrogens with zero attached hydrogens (tertiary/aromatic N) is 2.